The number of benzene rings is 2. The standard InChI is InChI=1S/C17H18FN2O/c18-15-3-1-2-14(12-15)13-19-8-10-20(11-9-19)16-4-6-17(21)7-5-16/h1-7,12H,8-11,13H2. The predicted molar refractivity (Wildman–Crippen MR) is 80.5 cm³/mol. The van der Waals surface area contributed by atoms with E-state index in [1.54, 1.807) is 24.3 Å². The molecule has 1 saturated heterocycles. The summed E-state index contributed by atoms with van der Waals surface area (Å²) >= 11 is 0. The number of nitrogens with zero attached hydrogens (tertiary/aromatic N) is 2. The van der Waals surface area contributed by atoms with Gasteiger partial charge < -0.3 is 4.90 Å². The van der Waals surface area contributed by atoms with Crippen molar-refractivity contribution in [1.82, 2.24) is 4.90 Å². The summed E-state index contributed by atoms with van der Waals surface area (Å²) in [6.07, 6.45) is 0. The van der Waals surface area contributed by atoms with Crippen molar-refractivity contribution in [3.05, 3.63) is 59.9 Å². The molecule has 2 aromatic rings. The van der Waals surface area contributed by atoms with Crippen LogP contribution >= 0.6 is 0 Å². The molecule has 1 aliphatic rings. The van der Waals surface area contributed by atoms with E-state index in [-0.39, 0.29) is 11.6 Å². The molecule has 0 spiro atoms. The fraction of sp³-hybridized carbons (Fsp3) is 0.294. The van der Waals surface area contributed by atoms with Crippen molar-refractivity contribution in [2.24, 2.45) is 0 Å². The molecule has 0 saturated carbocycles. The van der Waals surface area contributed by atoms with Crippen LogP contribution in [0.15, 0.2) is 48.5 Å². The van der Waals surface area contributed by atoms with Crippen molar-refractivity contribution < 1.29 is 9.50 Å². The van der Waals surface area contributed by atoms with Crippen LogP contribution in [0.2, 0.25) is 0 Å². The van der Waals surface area contributed by atoms with Crippen LogP contribution < -0.4 is 4.90 Å². The first-order valence-corrected chi connectivity index (χ1v) is 7.19. The van der Waals surface area contributed by atoms with E-state index >= 15 is 0 Å². The van der Waals surface area contributed by atoms with Gasteiger partial charge in [-0.15, -0.1) is 0 Å². The Morgan fingerprint density at radius 2 is 1.67 bits per heavy atom. The van der Waals surface area contributed by atoms with Gasteiger partial charge in [-0.1, -0.05) is 12.1 Å². The van der Waals surface area contributed by atoms with E-state index in [0.717, 1.165) is 44.0 Å². The van der Waals surface area contributed by atoms with E-state index in [9.17, 15) is 9.50 Å². The number of anilines is 1. The first kappa shape index (κ1) is 13.9. The second-order valence-corrected chi connectivity index (χ2v) is 5.39. The van der Waals surface area contributed by atoms with Crippen molar-refractivity contribution in [3.8, 4) is 5.75 Å². The third-order valence-corrected chi connectivity index (χ3v) is 3.87. The van der Waals surface area contributed by atoms with Crippen LogP contribution in [-0.4, -0.2) is 31.1 Å². The van der Waals surface area contributed by atoms with Crippen molar-refractivity contribution >= 4 is 5.69 Å². The van der Waals surface area contributed by atoms with E-state index < -0.39 is 0 Å². The van der Waals surface area contributed by atoms with Gasteiger partial charge in [0.05, 0.1) is 0 Å². The van der Waals surface area contributed by atoms with Gasteiger partial charge in [0.1, 0.15) is 5.82 Å². The van der Waals surface area contributed by atoms with E-state index in [1.165, 1.54) is 6.07 Å². The molecule has 0 amide bonds. The smallest absolute Gasteiger partial charge is 0.178 e. The normalized spacial score (nSPS) is 16.1. The maximum absolute atomic E-state index is 13.2. The minimum Gasteiger partial charge on any atom is -0.369 e. The number of hydrogen-bond acceptors (Lipinski definition) is 2. The van der Waals surface area contributed by atoms with Crippen LogP contribution in [0.3, 0.4) is 0 Å². The molecule has 1 heterocycles. The molecule has 3 nitrogen and oxygen atoms in total. The molecule has 0 bridgehead atoms. The summed E-state index contributed by atoms with van der Waals surface area (Å²) in [7, 11) is 0. The van der Waals surface area contributed by atoms with Gasteiger partial charge >= 0.3 is 0 Å². The van der Waals surface area contributed by atoms with Crippen LogP contribution in [0.1, 0.15) is 5.56 Å². The number of rotatable bonds is 3. The lowest BCUT2D eigenvalue weighted by molar-refractivity contribution is 0.249. The molecule has 0 atom stereocenters. The Morgan fingerprint density at radius 1 is 0.952 bits per heavy atom. The zero-order valence-corrected chi connectivity index (χ0v) is 11.8. The monoisotopic (exact) mass is 285 g/mol. The fourth-order valence-electron chi connectivity index (χ4n) is 2.71. The molecule has 0 aromatic heterocycles. The zero-order valence-electron chi connectivity index (χ0n) is 11.8. The Kier molecular flexibility index (Phi) is 4.06. The molecule has 21 heavy (non-hydrogen) atoms. The summed E-state index contributed by atoms with van der Waals surface area (Å²) < 4.78 is 13.2. The Labute approximate surface area is 124 Å². The maximum Gasteiger partial charge on any atom is 0.178 e. The van der Waals surface area contributed by atoms with Crippen molar-refractivity contribution in [2.45, 2.75) is 6.54 Å². The molecule has 1 fully saturated rings. The minimum absolute atomic E-state index is 0.0449. The lowest BCUT2D eigenvalue weighted by atomic mass is 10.2. The highest BCUT2D eigenvalue weighted by molar-refractivity contribution is 5.49. The average molecular weight is 285 g/mol. The zero-order chi connectivity index (χ0) is 14.7. The van der Waals surface area contributed by atoms with Gasteiger partial charge in [-0.2, -0.15) is 0 Å². The predicted octanol–water partition coefficient (Wildman–Crippen LogP) is 3.29. The largest absolute Gasteiger partial charge is 0.369 e. The molecule has 109 valence electrons. The third kappa shape index (κ3) is 3.52. The van der Waals surface area contributed by atoms with Crippen molar-refractivity contribution in [3.63, 3.8) is 0 Å². The Bertz CT molecular complexity index is 592. The SMILES string of the molecule is [O]c1ccc(N2CCN(Cc3cccc(F)c3)CC2)cc1. The van der Waals surface area contributed by atoms with Gasteiger partial charge in [-0.25, -0.2) is 4.39 Å². The average Bonchev–Trinajstić information content (AvgIpc) is 2.49. The van der Waals surface area contributed by atoms with E-state index in [4.69, 9.17) is 0 Å². The minimum atomic E-state index is -0.177. The highest BCUT2D eigenvalue weighted by Crippen LogP contribution is 2.20. The van der Waals surface area contributed by atoms with Gasteiger partial charge in [0.15, 0.2) is 5.75 Å². The fourth-order valence-corrected chi connectivity index (χ4v) is 2.71. The second-order valence-electron chi connectivity index (χ2n) is 5.39. The van der Waals surface area contributed by atoms with Crippen LogP contribution in [0.4, 0.5) is 10.1 Å². The van der Waals surface area contributed by atoms with E-state index in [2.05, 4.69) is 9.80 Å². The highest BCUT2D eigenvalue weighted by atomic mass is 19.1. The molecule has 2 aromatic carbocycles. The summed E-state index contributed by atoms with van der Waals surface area (Å²) in [5.41, 5.74) is 2.11. The molecule has 1 radical (unpaired) electrons. The quantitative estimate of drug-likeness (QED) is 0.865. The molecule has 3 rings (SSSR count). The van der Waals surface area contributed by atoms with E-state index in [1.807, 2.05) is 18.2 Å². The van der Waals surface area contributed by atoms with Gasteiger partial charge in [-0.05, 0) is 42.0 Å². The molecule has 0 N–H and O–H groups in total. The van der Waals surface area contributed by atoms with Crippen molar-refractivity contribution in [2.75, 3.05) is 31.1 Å². The summed E-state index contributed by atoms with van der Waals surface area (Å²) in [4.78, 5) is 4.61. The second kappa shape index (κ2) is 6.14. The lowest BCUT2D eigenvalue weighted by Gasteiger charge is -2.36. The molecular formula is C17H18FN2O. The summed E-state index contributed by atoms with van der Waals surface area (Å²) in [6.45, 7) is 4.51. The number of halogens is 1. The van der Waals surface area contributed by atoms with Crippen LogP contribution in [0, 0.1) is 5.82 Å². The first-order chi connectivity index (χ1) is 10.2. The van der Waals surface area contributed by atoms with Gasteiger partial charge in [0.25, 0.3) is 0 Å². The molecule has 0 unspecified atom stereocenters. The van der Waals surface area contributed by atoms with Crippen LogP contribution in [0.25, 0.3) is 0 Å². The Morgan fingerprint density at radius 3 is 2.33 bits per heavy atom. The Balaban J connectivity index is 1.56. The van der Waals surface area contributed by atoms with Gasteiger partial charge in [-0.3, -0.25) is 10.0 Å². The van der Waals surface area contributed by atoms with Crippen LogP contribution in [-0.2, 0) is 11.7 Å². The maximum atomic E-state index is 13.2. The molecule has 0 aliphatic carbocycles. The van der Waals surface area contributed by atoms with Gasteiger partial charge in [0, 0.05) is 38.4 Å². The summed E-state index contributed by atoms with van der Waals surface area (Å²) in [5, 5.41) is 11.1. The number of hydrogen-bond donors (Lipinski definition) is 0. The summed E-state index contributed by atoms with van der Waals surface area (Å²) in [6, 6.07) is 13.8. The highest BCUT2D eigenvalue weighted by Gasteiger charge is 2.17. The lowest BCUT2D eigenvalue weighted by Crippen LogP contribution is -2.45. The molecular weight excluding hydrogens is 267 g/mol. The first-order valence-electron chi connectivity index (χ1n) is 7.19. The Hall–Kier alpha value is -2.07. The summed E-state index contributed by atoms with van der Waals surface area (Å²) in [5.74, 6) is -0.132. The van der Waals surface area contributed by atoms with Crippen LogP contribution in [0.5, 0.6) is 5.75 Å². The topological polar surface area (TPSA) is 26.4 Å². The number of piperazine rings is 1. The van der Waals surface area contributed by atoms with Crippen molar-refractivity contribution in [1.29, 1.82) is 0 Å². The third-order valence-electron chi connectivity index (χ3n) is 3.87. The van der Waals surface area contributed by atoms with Gasteiger partial charge in [0.2, 0.25) is 0 Å². The molecule has 4 heteroatoms. The molecule has 1 aliphatic heterocycles. The van der Waals surface area contributed by atoms with E-state index in [0.29, 0.717) is 0 Å².